The van der Waals surface area contributed by atoms with Crippen molar-refractivity contribution < 1.29 is 4.74 Å². The van der Waals surface area contributed by atoms with Crippen LogP contribution in [0.25, 0.3) is 0 Å². The van der Waals surface area contributed by atoms with E-state index in [0.29, 0.717) is 11.8 Å². The first-order valence-corrected chi connectivity index (χ1v) is 9.53. The lowest BCUT2D eigenvalue weighted by molar-refractivity contribution is 0.415. The molecular weight excluding hydrogens is 439 g/mol. The van der Waals surface area contributed by atoms with Crippen molar-refractivity contribution in [2.24, 2.45) is 16.8 Å². The lowest BCUT2D eigenvalue weighted by atomic mass is 10.0. The second-order valence-corrected chi connectivity index (χ2v) is 6.82. The molecule has 0 amide bonds. The number of rotatable bonds is 8. The number of halogens is 1. The molecular formula is C20H35IN4O. The van der Waals surface area contributed by atoms with E-state index in [9.17, 15) is 0 Å². The third-order valence-electron chi connectivity index (χ3n) is 5.20. The maximum atomic E-state index is 5.34. The number of hydrogen-bond acceptors (Lipinski definition) is 3. The van der Waals surface area contributed by atoms with Crippen LogP contribution in [0.5, 0.6) is 5.75 Å². The summed E-state index contributed by atoms with van der Waals surface area (Å²) < 4.78 is 5.34. The predicted molar refractivity (Wildman–Crippen MR) is 122 cm³/mol. The van der Waals surface area contributed by atoms with Crippen molar-refractivity contribution in [1.82, 2.24) is 10.6 Å². The van der Waals surface area contributed by atoms with E-state index in [1.807, 2.05) is 13.1 Å². The number of ether oxygens (including phenoxy) is 1. The van der Waals surface area contributed by atoms with E-state index in [-0.39, 0.29) is 24.0 Å². The smallest absolute Gasteiger partial charge is 0.190 e. The summed E-state index contributed by atoms with van der Waals surface area (Å²) >= 11 is 0. The topological polar surface area (TPSA) is 48.9 Å². The van der Waals surface area contributed by atoms with Crippen LogP contribution in [-0.4, -0.2) is 46.3 Å². The Hall–Kier alpha value is -1.18. The fourth-order valence-corrected chi connectivity index (χ4v) is 3.32. The monoisotopic (exact) mass is 474 g/mol. The molecule has 5 nitrogen and oxygen atoms in total. The highest BCUT2D eigenvalue weighted by Gasteiger charge is 2.23. The minimum absolute atomic E-state index is 0. The van der Waals surface area contributed by atoms with E-state index in [2.05, 4.69) is 52.6 Å². The molecule has 6 heteroatoms. The number of hydrogen-bond donors (Lipinski definition) is 2. The molecule has 0 spiro atoms. The zero-order chi connectivity index (χ0) is 18.1. The summed E-state index contributed by atoms with van der Waals surface area (Å²) in [5.41, 5.74) is 1.25. The minimum atomic E-state index is 0. The molecule has 1 unspecified atom stereocenters. The molecule has 1 aliphatic heterocycles. The highest BCUT2D eigenvalue weighted by molar-refractivity contribution is 14.0. The van der Waals surface area contributed by atoms with Gasteiger partial charge in [0.1, 0.15) is 5.75 Å². The molecule has 0 radical (unpaired) electrons. The summed E-state index contributed by atoms with van der Waals surface area (Å²) in [5.74, 6) is 3.20. The fraction of sp³-hybridized carbons (Fsp3) is 0.650. The minimum Gasteiger partial charge on any atom is -0.497 e. The average molecular weight is 474 g/mol. The maximum absolute atomic E-state index is 5.34. The van der Waals surface area contributed by atoms with Crippen LogP contribution in [0.15, 0.2) is 29.3 Å². The van der Waals surface area contributed by atoms with Gasteiger partial charge in [-0.2, -0.15) is 0 Å². The third-order valence-corrected chi connectivity index (χ3v) is 5.20. The highest BCUT2D eigenvalue weighted by atomic mass is 127. The van der Waals surface area contributed by atoms with Crippen LogP contribution in [-0.2, 0) is 0 Å². The van der Waals surface area contributed by atoms with Gasteiger partial charge in [0.25, 0.3) is 0 Å². The first kappa shape index (κ1) is 22.9. The van der Waals surface area contributed by atoms with Gasteiger partial charge in [-0.25, -0.2) is 0 Å². The first-order chi connectivity index (χ1) is 12.2. The number of methoxy groups -OCH3 is 1. The van der Waals surface area contributed by atoms with Gasteiger partial charge in [0.2, 0.25) is 0 Å². The molecule has 148 valence electrons. The molecule has 1 aliphatic rings. The Kier molecular flexibility index (Phi) is 10.8. The Bertz CT molecular complexity index is 548. The molecule has 1 aromatic carbocycles. The van der Waals surface area contributed by atoms with E-state index in [4.69, 9.17) is 4.74 Å². The zero-order valence-electron chi connectivity index (χ0n) is 16.6. The molecule has 0 aliphatic carbocycles. The summed E-state index contributed by atoms with van der Waals surface area (Å²) in [5, 5.41) is 6.96. The highest BCUT2D eigenvalue weighted by Crippen LogP contribution is 2.26. The molecule has 26 heavy (non-hydrogen) atoms. The Balaban J connectivity index is 0.00000338. The summed E-state index contributed by atoms with van der Waals surface area (Å²) in [7, 11) is 3.56. The van der Waals surface area contributed by atoms with Gasteiger partial charge in [0, 0.05) is 45.0 Å². The standard InChI is InChI=1S/C20H34N4O.HI/c1-5-16(6-2)13-22-20(21-3)23-14-17-10-11-24(15-17)18-8-7-9-19(12-18)25-4;/h7-9,12,16-17H,5-6,10-11,13-15H2,1-4H3,(H2,21,22,23);1H. The van der Waals surface area contributed by atoms with Gasteiger partial charge in [-0.3, -0.25) is 4.99 Å². The van der Waals surface area contributed by atoms with E-state index >= 15 is 0 Å². The van der Waals surface area contributed by atoms with Crippen molar-refractivity contribution in [1.29, 1.82) is 0 Å². The summed E-state index contributed by atoms with van der Waals surface area (Å²) in [6.45, 7) is 8.62. The van der Waals surface area contributed by atoms with Crippen molar-refractivity contribution >= 4 is 35.6 Å². The summed E-state index contributed by atoms with van der Waals surface area (Å²) in [6.07, 6.45) is 3.62. The van der Waals surface area contributed by atoms with Gasteiger partial charge in [0.15, 0.2) is 5.96 Å². The molecule has 1 heterocycles. The number of nitrogens with one attached hydrogen (secondary N) is 2. The SMILES string of the molecule is CCC(CC)CNC(=NC)NCC1CCN(c2cccc(OC)c2)C1.I. The van der Waals surface area contributed by atoms with Gasteiger partial charge in [-0.1, -0.05) is 32.8 Å². The number of anilines is 1. The van der Waals surface area contributed by atoms with Crippen LogP contribution in [0.2, 0.25) is 0 Å². The van der Waals surface area contributed by atoms with Crippen LogP contribution < -0.4 is 20.3 Å². The normalized spacial score (nSPS) is 17.2. The van der Waals surface area contributed by atoms with Crippen LogP contribution in [0.1, 0.15) is 33.1 Å². The lowest BCUT2D eigenvalue weighted by Gasteiger charge is -2.20. The van der Waals surface area contributed by atoms with E-state index < -0.39 is 0 Å². The molecule has 1 aromatic rings. The van der Waals surface area contributed by atoms with Crippen LogP contribution >= 0.6 is 24.0 Å². The summed E-state index contributed by atoms with van der Waals surface area (Å²) in [6, 6.07) is 8.33. The molecule has 1 atom stereocenters. The quantitative estimate of drug-likeness (QED) is 0.343. The van der Waals surface area contributed by atoms with E-state index in [1.54, 1.807) is 7.11 Å². The third kappa shape index (κ3) is 6.85. The molecule has 1 saturated heterocycles. The van der Waals surface area contributed by atoms with Gasteiger partial charge in [0.05, 0.1) is 7.11 Å². The Morgan fingerprint density at radius 3 is 2.73 bits per heavy atom. The van der Waals surface area contributed by atoms with Crippen molar-refractivity contribution in [3.8, 4) is 5.75 Å². The first-order valence-electron chi connectivity index (χ1n) is 9.53. The number of aliphatic imine (C=N–C) groups is 1. The van der Waals surface area contributed by atoms with E-state index in [0.717, 1.165) is 37.9 Å². The number of nitrogens with zero attached hydrogens (tertiary/aromatic N) is 2. The van der Waals surface area contributed by atoms with Crippen molar-refractivity contribution in [2.75, 3.05) is 45.2 Å². The van der Waals surface area contributed by atoms with Crippen molar-refractivity contribution in [2.45, 2.75) is 33.1 Å². The zero-order valence-corrected chi connectivity index (χ0v) is 19.0. The fourth-order valence-electron chi connectivity index (χ4n) is 3.32. The Morgan fingerprint density at radius 1 is 1.31 bits per heavy atom. The molecule has 2 N–H and O–H groups in total. The van der Waals surface area contributed by atoms with Gasteiger partial charge < -0.3 is 20.3 Å². The Labute approximate surface area is 176 Å². The van der Waals surface area contributed by atoms with Crippen molar-refractivity contribution in [3.05, 3.63) is 24.3 Å². The number of benzene rings is 1. The van der Waals surface area contributed by atoms with Crippen LogP contribution in [0, 0.1) is 11.8 Å². The molecule has 1 fully saturated rings. The lowest BCUT2D eigenvalue weighted by Crippen LogP contribution is -2.42. The second-order valence-electron chi connectivity index (χ2n) is 6.82. The van der Waals surface area contributed by atoms with Gasteiger partial charge >= 0.3 is 0 Å². The maximum Gasteiger partial charge on any atom is 0.190 e. The van der Waals surface area contributed by atoms with Crippen LogP contribution in [0.3, 0.4) is 0 Å². The van der Waals surface area contributed by atoms with Crippen molar-refractivity contribution in [3.63, 3.8) is 0 Å². The number of guanidine groups is 1. The molecule has 0 saturated carbocycles. The van der Waals surface area contributed by atoms with Gasteiger partial charge in [-0.15, -0.1) is 24.0 Å². The predicted octanol–water partition coefficient (Wildman–Crippen LogP) is 3.74. The average Bonchev–Trinajstić information content (AvgIpc) is 3.14. The largest absolute Gasteiger partial charge is 0.497 e. The molecule has 2 rings (SSSR count). The molecule has 0 bridgehead atoms. The van der Waals surface area contributed by atoms with Gasteiger partial charge in [-0.05, 0) is 30.4 Å². The van der Waals surface area contributed by atoms with Crippen LogP contribution in [0.4, 0.5) is 5.69 Å². The summed E-state index contributed by atoms with van der Waals surface area (Å²) in [4.78, 5) is 6.79. The Morgan fingerprint density at radius 2 is 2.08 bits per heavy atom. The second kappa shape index (κ2) is 12.3. The van der Waals surface area contributed by atoms with E-state index in [1.165, 1.54) is 24.9 Å². The molecule has 0 aromatic heterocycles.